The van der Waals surface area contributed by atoms with Crippen molar-refractivity contribution in [1.29, 1.82) is 5.26 Å². The second kappa shape index (κ2) is 5.77. The molecular formula is C11H10BrN3O2. The average molecular weight is 296 g/mol. The summed E-state index contributed by atoms with van der Waals surface area (Å²) >= 11 is 3.32. The molecule has 6 heteroatoms. The Hall–Kier alpha value is -1.42. The molecule has 0 amide bonds. The normalized spacial score (nSPS) is 18.4. The molecule has 88 valence electrons. The van der Waals surface area contributed by atoms with Crippen LogP contribution in [0.4, 0.5) is 0 Å². The average Bonchev–Trinajstić information content (AvgIpc) is 2.79. The number of pyridine rings is 1. The molecule has 1 atom stereocenters. The summed E-state index contributed by atoms with van der Waals surface area (Å²) in [5, 5.41) is 8.33. The highest BCUT2D eigenvalue weighted by Gasteiger charge is 2.18. The van der Waals surface area contributed by atoms with Gasteiger partial charge in [-0.15, -0.1) is 0 Å². The van der Waals surface area contributed by atoms with Gasteiger partial charge in [0, 0.05) is 10.7 Å². The SMILES string of the molecule is N#CCOC[C@@H]1C=C(c2ccc(Br)cn2)NO1. The van der Waals surface area contributed by atoms with Crippen molar-refractivity contribution >= 4 is 21.6 Å². The van der Waals surface area contributed by atoms with Crippen LogP contribution in [-0.2, 0) is 9.57 Å². The number of hydroxylamine groups is 1. The van der Waals surface area contributed by atoms with Crippen LogP contribution in [-0.4, -0.2) is 24.3 Å². The van der Waals surface area contributed by atoms with E-state index in [1.165, 1.54) is 0 Å². The molecule has 0 spiro atoms. The number of nitrogens with one attached hydrogen (secondary N) is 1. The first-order valence-corrected chi connectivity index (χ1v) is 5.79. The minimum atomic E-state index is -0.191. The highest BCUT2D eigenvalue weighted by atomic mass is 79.9. The molecule has 0 bridgehead atoms. The van der Waals surface area contributed by atoms with E-state index in [1.54, 1.807) is 6.20 Å². The molecule has 2 heterocycles. The zero-order valence-electron chi connectivity index (χ0n) is 8.89. The molecule has 1 aliphatic heterocycles. The van der Waals surface area contributed by atoms with Crippen LogP contribution in [0, 0.1) is 11.3 Å². The van der Waals surface area contributed by atoms with E-state index < -0.39 is 0 Å². The predicted molar refractivity (Wildman–Crippen MR) is 64.4 cm³/mol. The Kier molecular flexibility index (Phi) is 4.09. The summed E-state index contributed by atoms with van der Waals surface area (Å²) in [5.74, 6) is 0. The van der Waals surface area contributed by atoms with Gasteiger partial charge in [-0.2, -0.15) is 5.26 Å². The van der Waals surface area contributed by atoms with E-state index in [4.69, 9.17) is 14.8 Å². The van der Waals surface area contributed by atoms with Gasteiger partial charge >= 0.3 is 0 Å². The molecule has 0 aromatic carbocycles. The molecule has 0 radical (unpaired) electrons. The zero-order chi connectivity index (χ0) is 12.1. The molecule has 0 saturated carbocycles. The number of nitrogens with zero attached hydrogens (tertiary/aromatic N) is 2. The maximum absolute atomic E-state index is 8.33. The summed E-state index contributed by atoms with van der Waals surface area (Å²) in [7, 11) is 0. The van der Waals surface area contributed by atoms with E-state index in [0.717, 1.165) is 15.9 Å². The Morgan fingerprint density at radius 1 is 1.59 bits per heavy atom. The highest BCUT2D eigenvalue weighted by molar-refractivity contribution is 9.10. The molecule has 2 rings (SSSR count). The van der Waals surface area contributed by atoms with Crippen LogP contribution in [0.1, 0.15) is 5.69 Å². The van der Waals surface area contributed by atoms with Gasteiger partial charge in [0.25, 0.3) is 0 Å². The Labute approximate surface area is 107 Å². The van der Waals surface area contributed by atoms with Crippen LogP contribution in [0.15, 0.2) is 28.9 Å². The van der Waals surface area contributed by atoms with Crippen LogP contribution in [0.25, 0.3) is 5.70 Å². The number of aromatic nitrogens is 1. The molecule has 17 heavy (non-hydrogen) atoms. The fourth-order valence-electron chi connectivity index (χ4n) is 1.37. The third-order valence-electron chi connectivity index (χ3n) is 2.12. The molecule has 5 nitrogen and oxygen atoms in total. The molecule has 0 saturated heterocycles. The van der Waals surface area contributed by atoms with Gasteiger partial charge in [0.1, 0.15) is 12.7 Å². The van der Waals surface area contributed by atoms with Crippen molar-refractivity contribution in [3.8, 4) is 6.07 Å². The monoisotopic (exact) mass is 295 g/mol. The number of nitriles is 1. The largest absolute Gasteiger partial charge is 0.363 e. The lowest BCUT2D eigenvalue weighted by Crippen LogP contribution is -2.17. The summed E-state index contributed by atoms with van der Waals surface area (Å²) in [6.07, 6.45) is 3.41. The van der Waals surface area contributed by atoms with E-state index >= 15 is 0 Å². The first-order valence-electron chi connectivity index (χ1n) is 4.99. The third-order valence-corrected chi connectivity index (χ3v) is 2.59. The highest BCUT2D eigenvalue weighted by Crippen LogP contribution is 2.18. The number of hydrogen-bond donors (Lipinski definition) is 1. The van der Waals surface area contributed by atoms with Gasteiger partial charge in [-0.05, 0) is 34.1 Å². The summed E-state index contributed by atoms with van der Waals surface area (Å²) < 4.78 is 6.00. The molecule has 1 aromatic rings. The zero-order valence-corrected chi connectivity index (χ0v) is 10.5. The van der Waals surface area contributed by atoms with Crippen LogP contribution in [0.2, 0.25) is 0 Å². The second-order valence-electron chi connectivity index (χ2n) is 3.37. The van der Waals surface area contributed by atoms with Gasteiger partial charge in [-0.25, -0.2) is 0 Å². The Morgan fingerprint density at radius 2 is 2.47 bits per heavy atom. The molecular weight excluding hydrogens is 286 g/mol. The maximum Gasteiger partial charge on any atom is 0.133 e. The molecule has 0 unspecified atom stereocenters. The second-order valence-corrected chi connectivity index (χ2v) is 4.29. The number of rotatable bonds is 4. The molecule has 1 aromatic heterocycles. The van der Waals surface area contributed by atoms with Crippen molar-refractivity contribution in [2.75, 3.05) is 13.2 Å². The Bertz CT molecular complexity index is 453. The standard InChI is InChI=1S/C11H10BrN3O2/c12-8-1-2-10(14-6-8)11-5-9(17-15-11)7-16-4-3-13/h1-2,5-6,9,15H,4,7H2/t9-/m0/s1. The molecule has 0 aliphatic carbocycles. The summed E-state index contributed by atoms with van der Waals surface area (Å²) in [4.78, 5) is 9.51. The van der Waals surface area contributed by atoms with Gasteiger partial charge < -0.3 is 4.74 Å². The maximum atomic E-state index is 8.33. The number of halogens is 1. The summed E-state index contributed by atoms with van der Waals surface area (Å²) in [5.41, 5.74) is 4.40. The number of ether oxygens (including phenoxy) is 1. The first kappa shape index (κ1) is 12.0. The van der Waals surface area contributed by atoms with Crippen LogP contribution < -0.4 is 5.48 Å². The van der Waals surface area contributed by atoms with Crippen LogP contribution in [0.3, 0.4) is 0 Å². The van der Waals surface area contributed by atoms with Crippen molar-refractivity contribution in [2.24, 2.45) is 0 Å². The van der Waals surface area contributed by atoms with Crippen molar-refractivity contribution < 1.29 is 9.57 Å². The predicted octanol–water partition coefficient (Wildman–Crippen LogP) is 1.63. The lowest BCUT2D eigenvalue weighted by atomic mass is 10.2. The smallest absolute Gasteiger partial charge is 0.133 e. The quantitative estimate of drug-likeness (QED) is 0.855. The lowest BCUT2D eigenvalue weighted by molar-refractivity contribution is -0.00303. The third kappa shape index (κ3) is 3.27. The Balaban J connectivity index is 1.97. The van der Waals surface area contributed by atoms with Crippen molar-refractivity contribution in [3.63, 3.8) is 0 Å². The van der Waals surface area contributed by atoms with Crippen molar-refractivity contribution in [3.05, 3.63) is 34.6 Å². The topological polar surface area (TPSA) is 67.2 Å². The van der Waals surface area contributed by atoms with Crippen molar-refractivity contribution in [2.45, 2.75) is 6.10 Å². The molecule has 0 fully saturated rings. The number of hydrogen-bond acceptors (Lipinski definition) is 5. The lowest BCUT2D eigenvalue weighted by Gasteiger charge is -2.05. The molecule has 1 N–H and O–H groups in total. The minimum Gasteiger partial charge on any atom is -0.363 e. The van der Waals surface area contributed by atoms with Crippen LogP contribution >= 0.6 is 15.9 Å². The van der Waals surface area contributed by atoms with Crippen LogP contribution in [0.5, 0.6) is 0 Å². The van der Waals surface area contributed by atoms with E-state index in [1.807, 2.05) is 24.3 Å². The van der Waals surface area contributed by atoms with Gasteiger partial charge in [0.15, 0.2) is 0 Å². The van der Waals surface area contributed by atoms with Gasteiger partial charge in [-0.1, -0.05) is 0 Å². The van der Waals surface area contributed by atoms with E-state index in [9.17, 15) is 0 Å². The van der Waals surface area contributed by atoms with E-state index in [2.05, 4.69) is 26.4 Å². The fraction of sp³-hybridized carbons (Fsp3) is 0.273. The fourth-order valence-corrected chi connectivity index (χ4v) is 1.60. The summed E-state index contributed by atoms with van der Waals surface area (Å²) in [6, 6.07) is 5.69. The summed E-state index contributed by atoms with van der Waals surface area (Å²) in [6.45, 7) is 0.417. The first-order chi connectivity index (χ1) is 8.29. The van der Waals surface area contributed by atoms with Gasteiger partial charge in [0.05, 0.1) is 24.1 Å². The van der Waals surface area contributed by atoms with E-state index in [-0.39, 0.29) is 12.7 Å². The Morgan fingerprint density at radius 3 is 3.18 bits per heavy atom. The minimum absolute atomic E-state index is 0.0690. The van der Waals surface area contributed by atoms with E-state index in [0.29, 0.717) is 6.61 Å². The molecule has 1 aliphatic rings. The van der Waals surface area contributed by atoms with Gasteiger partial charge in [-0.3, -0.25) is 15.3 Å². The van der Waals surface area contributed by atoms with Crippen molar-refractivity contribution in [1.82, 2.24) is 10.5 Å². The van der Waals surface area contributed by atoms with Gasteiger partial charge in [0.2, 0.25) is 0 Å².